The van der Waals surface area contributed by atoms with Gasteiger partial charge in [0.2, 0.25) is 5.95 Å². The first-order valence-corrected chi connectivity index (χ1v) is 12.3. The Labute approximate surface area is 201 Å². The average molecular weight is 473 g/mol. The van der Waals surface area contributed by atoms with Crippen LogP contribution < -0.4 is 10.1 Å². The van der Waals surface area contributed by atoms with E-state index in [1.165, 1.54) is 10.5 Å². The second kappa shape index (κ2) is 7.97. The molecule has 0 amide bonds. The van der Waals surface area contributed by atoms with Crippen LogP contribution in [0.25, 0.3) is 5.70 Å². The van der Waals surface area contributed by atoms with Crippen molar-refractivity contribution in [3.63, 3.8) is 0 Å². The standard InChI is InChI=1S/C26H21ClN4OS/c1-15-3-5-16(6-4-15)24-22-23(30-26-28-14-29-31(24)26)20-13-18(27)9-12-21(20)32-25(22)17-7-10-19(33-2)11-8-17/h3-14,24-25H,1-2H3,(H,28,29,30)/t24-,25-/m1/s1. The van der Waals surface area contributed by atoms with Crippen LogP contribution in [0.15, 0.2) is 83.5 Å². The topological polar surface area (TPSA) is 52.0 Å². The van der Waals surface area contributed by atoms with Crippen LogP contribution in [0.4, 0.5) is 5.95 Å². The van der Waals surface area contributed by atoms with Gasteiger partial charge in [0.15, 0.2) is 0 Å². The van der Waals surface area contributed by atoms with E-state index in [9.17, 15) is 0 Å². The summed E-state index contributed by atoms with van der Waals surface area (Å²) in [6, 6.07) is 22.7. The molecule has 2 aliphatic heterocycles. The molecular formula is C26H21ClN4OS. The van der Waals surface area contributed by atoms with E-state index in [0.717, 1.165) is 33.7 Å². The minimum atomic E-state index is -0.291. The number of benzene rings is 3. The van der Waals surface area contributed by atoms with Gasteiger partial charge in [-0.3, -0.25) is 0 Å². The fourth-order valence-electron chi connectivity index (χ4n) is 4.56. The Bertz CT molecular complexity index is 1380. The van der Waals surface area contributed by atoms with E-state index in [1.807, 2.05) is 22.9 Å². The molecule has 3 heterocycles. The summed E-state index contributed by atoms with van der Waals surface area (Å²) in [4.78, 5) is 5.70. The number of aryl methyl sites for hydroxylation is 1. The number of thioether (sulfide) groups is 1. The van der Waals surface area contributed by atoms with Crippen LogP contribution in [0.2, 0.25) is 5.02 Å². The molecule has 33 heavy (non-hydrogen) atoms. The van der Waals surface area contributed by atoms with Crippen molar-refractivity contribution < 1.29 is 4.74 Å². The van der Waals surface area contributed by atoms with Gasteiger partial charge in [0.1, 0.15) is 24.2 Å². The molecule has 1 N–H and O–H groups in total. The molecule has 7 heteroatoms. The van der Waals surface area contributed by atoms with E-state index in [1.54, 1.807) is 18.1 Å². The molecule has 2 aliphatic rings. The Morgan fingerprint density at radius 1 is 1.00 bits per heavy atom. The normalized spacial score (nSPS) is 18.6. The molecule has 164 valence electrons. The van der Waals surface area contributed by atoms with E-state index in [-0.39, 0.29) is 12.1 Å². The lowest BCUT2D eigenvalue weighted by Crippen LogP contribution is -2.32. The van der Waals surface area contributed by atoms with Gasteiger partial charge < -0.3 is 10.1 Å². The van der Waals surface area contributed by atoms with Crippen molar-refractivity contribution in [1.29, 1.82) is 0 Å². The number of fused-ring (bicyclic) bond motifs is 3. The maximum Gasteiger partial charge on any atom is 0.226 e. The fraction of sp³-hybridized carbons (Fsp3) is 0.154. The first-order valence-electron chi connectivity index (χ1n) is 10.7. The van der Waals surface area contributed by atoms with Gasteiger partial charge in [0.05, 0.1) is 5.70 Å². The maximum atomic E-state index is 6.66. The lowest BCUT2D eigenvalue weighted by atomic mass is 9.84. The fourth-order valence-corrected chi connectivity index (χ4v) is 5.15. The summed E-state index contributed by atoms with van der Waals surface area (Å²) in [5, 5.41) is 8.76. The number of halogens is 1. The molecule has 1 aromatic heterocycles. The molecule has 0 unspecified atom stereocenters. The predicted octanol–water partition coefficient (Wildman–Crippen LogP) is 6.52. The van der Waals surface area contributed by atoms with Gasteiger partial charge in [-0.2, -0.15) is 10.1 Å². The van der Waals surface area contributed by atoms with Crippen LogP contribution in [0.3, 0.4) is 0 Å². The molecule has 0 saturated carbocycles. The van der Waals surface area contributed by atoms with Gasteiger partial charge in [0.25, 0.3) is 0 Å². The van der Waals surface area contributed by atoms with Crippen LogP contribution in [-0.2, 0) is 0 Å². The highest BCUT2D eigenvalue weighted by molar-refractivity contribution is 7.98. The molecule has 3 aromatic carbocycles. The summed E-state index contributed by atoms with van der Waals surface area (Å²) in [6.45, 7) is 2.09. The zero-order valence-corrected chi connectivity index (χ0v) is 19.7. The van der Waals surface area contributed by atoms with E-state index in [4.69, 9.17) is 16.3 Å². The monoisotopic (exact) mass is 472 g/mol. The maximum absolute atomic E-state index is 6.66. The summed E-state index contributed by atoms with van der Waals surface area (Å²) in [7, 11) is 0. The van der Waals surface area contributed by atoms with Crippen molar-refractivity contribution >= 4 is 35.0 Å². The van der Waals surface area contributed by atoms with Crippen molar-refractivity contribution in [2.45, 2.75) is 24.0 Å². The van der Waals surface area contributed by atoms with Crippen LogP contribution in [0, 0.1) is 6.92 Å². The van der Waals surface area contributed by atoms with E-state index in [0.29, 0.717) is 11.0 Å². The molecular weight excluding hydrogens is 452 g/mol. The smallest absolute Gasteiger partial charge is 0.226 e. The van der Waals surface area contributed by atoms with Gasteiger partial charge in [0, 0.05) is 21.1 Å². The number of rotatable bonds is 3. The Morgan fingerprint density at radius 2 is 1.76 bits per heavy atom. The molecule has 6 rings (SSSR count). The number of hydrogen-bond acceptors (Lipinski definition) is 5. The number of nitrogens with zero attached hydrogens (tertiary/aromatic N) is 3. The second-order valence-corrected chi connectivity index (χ2v) is 9.52. The summed E-state index contributed by atoms with van der Waals surface area (Å²) in [5.41, 5.74) is 6.42. The molecule has 5 nitrogen and oxygen atoms in total. The first-order chi connectivity index (χ1) is 16.1. The Kier molecular flexibility index (Phi) is 4.93. The Balaban J connectivity index is 1.61. The third-order valence-electron chi connectivity index (χ3n) is 6.19. The van der Waals surface area contributed by atoms with Crippen molar-refractivity contribution in [2.75, 3.05) is 11.6 Å². The third kappa shape index (κ3) is 3.41. The molecule has 0 saturated heterocycles. The number of nitrogens with one attached hydrogen (secondary N) is 1. The van der Waals surface area contributed by atoms with Crippen LogP contribution in [0.5, 0.6) is 5.75 Å². The van der Waals surface area contributed by atoms with Gasteiger partial charge in [-0.05, 0) is 54.6 Å². The van der Waals surface area contributed by atoms with Crippen LogP contribution >= 0.6 is 23.4 Å². The minimum Gasteiger partial charge on any atom is -0.480 e. The molecule has 4 aromatic rings. The molecule has 0 fully saturated rings. The largest absolute Gasteiger partial charge is 0.480 e. The van der Waals surface area contributed by atoms with Crippen molar-refractivity contribution in [1.82, 2.24) is 14.8 Å². The van der Waals surface area contributed by atoms with Gasteiger partial charge in [-0.15, -0.1) is 11.8 Å². The number of aromatic nitrogens is 3. The van der Waals surface area contributed by atoms with E-state index >= 15 is 0 Å². The highest BCUT2D eigenvalue weighted by Gasteiger charge is 2.41. The summed E-state index contributed by atoms with van der Waals surface area (Å²) >= 11 is 8.13. The minimum absolute atomic E-state index is 0.170. The number of ether oxygens (including phenoxy) is 1. The first kappa shape index (κ1) is 20.4. The quantitative estimate of drug-likeness (QED) is 0.344. The Hall–Kier alpha value is -3.22. The zero-order chi connectivity index (χ0) is 22.5. The average Bonchev–Trinajstić information content (AvgIpc) is 3.31. The summed E-state index contributed by atoms with van der Waals surface area (Å²) in [6.07, 6.45) is 3.38. The van der Waals surface area contributed by atoms with Crippen LogP contribution in [0.1, 0.15) is 34.4 Å². The number of anilines is 1. The summed E-state index contributed by atoms with van der Waals surface area (Å²) in [5.74, 6) is 1.49. The lowest BCUT2D eigenvalue weighted by Gasteiger charge is -2.39. The lowest BCUT2D eigenvalue weighted by molar-refractivity contribution is 0.223. The molecule has 0 bridgehead atoms. The van der Waals surface area contributed by atoms with E-state index < -0.39 is 0 Å². The van der Waals surface area contributed by atoms with E-state index in [2.05, 4.69) is 77.1 Å². The molecule has 0 aliphatic carbocycles. The second-order valence-electron chi connectivity index (χ2n) is 8.21. The molecule has 2 atom stereocenters. The highest BCUT2D eigenvalue weighted by atomic mass is 35.5. The molecule has 0 spiro atoms. The van der Waals surface area contributed by atoms with Crippen molar-refractivity contribution in [3.8, 4) is 5.75 Å². The zero-order valence-electron chi connectivity index (χ0n) is 18.1. The van der Waals surface area contributed by atoms with Crippen molar-refractivity contribution in [3.05, 3.63) is 106 Å². The Morgan fingerprint density at radius 3 is 2.52 bits per heavy atom. The number of hydrogen-bond donors (Lipinski definition) is 1. The molecule has 0 radical (unpaired) electrons. The van der Waals surface area contributed by atoms with Gasteiger partial charge in [-0.1, -0.05) is 53.6 Å². The SMILES string of the molecule is CSc1ccc([C@H]2Oc3ccc(Cl)cc3C3=C2[C@@H](c2ccc(C)cc2)n2ncnc2N3)cc1. The van der Waals surface area contributed by atoms with Gasteiger partial charge in [-0.25, -0.2) is 4.68 Å². The summed E-state index contributed by atoms with van der Waals surface area (Å²) < 4.78 is 8.59. The van der Waals surface area contributed by atoms with Crippen molar-refractivity contribution in [2.24, 2.45) is 0 Å². The predicted molar refractivity (Wildman–Crippen MR) is 133 cm³/mol. The van der Waals surface area contributed by atoms with Gasteiger partial charge >= 0.3 is 0 Å². The highest BCUT2D eigenvalue weighted by Crippen LogP contribution is 2.51. The van der Waals surface area contributed by atoms with Crippen LogP contribution in [-0.4, -0.2) is 21.0 Å². The third-order valence-corrected chi connectivity index (χ3v) is 7.17.